The molecule has 0 aromatic carbocycles. The molecule has 0 amide bonds. The topological polar surface area (TPSA) is 57.7 Å². The highest BCUT2D eigenvalue weighted by atomic mass is 32.1. The Morgan fingerprint density at radius 3 is 2.95 bits per heavy atom. The number of piperidine rings is 1. The van der Waals surface area contributed by atoms with E-state index in [-0.39, 0.29) is 5.92 Å². The van der Waals surface area contributed by atoms with Gasteiger partial charge in [-0.2, -0.15) is 13.2 Å². The lowest BCUT2D eigenvalue weighted by molar-refractivity contribution is -0.141. The molecule has 2 aromatic rings. The molecule has 1 fully saturated rings. The van der Waals surface area contributed by atoms with Gasteiger partial charge in [-0.05, 0) is 30.9 Å². The molecule has 114 valence electrons. The summed E-state index contributed by atoms with van der Waals surface area (Å²) in [6, 6.07) is 0. The molecule has 3 heterocycles. The number of nitrogens with zero attached hydrogens (tertiary/aromatic N) is 4. The van der Waals surface area contributed by atoms with Crippen molar-refractivity contribution in [3.05, 3.63) is 28.8 Å². The molecule has 1 atom stereocenters. The number of H-pyrrole nitrogens is 1. The van der Waals surface area contributed by atoms with Gasteiger partial charge in [0.2, 0.25) is 0 Å². The van der Waals surface area contributed by atoms with Crippen molar-refractivity contribution in [2.45, 2.75) is 31.5 Å². The minimum Gasteiger partial charge on any atom is -0.338 e. The maximum absolute atomic E-state index is 12.6. The highest BCUT2D eigenvalue weighted by Gasteiger charge is 2.34. The Bertz CT molecular complexity index is 580. The third kappa shape index (κ3) is 3.41. The summed E-state index contributed by atoms with van der Waals surface area (Å²) in [6.07, 6.45) is -1.72. The molecule has 0 unspecified atom stereocenters. The van der Waals surface area contributed by atoms with Crippen molar-refractivity contribution in [1.29, 1.82) is 0 Å². The van der Waals surface area contributed by atoms with Crippen molar-refractivity contribution >= 4 is 11.5 Å². The summed E-state index contributed by atoms with van der Waals surface area (Å²) in [7, 11) is 0. The molecule has 1 N–H and O–H groups in total. The van der Waals surface area contributed by atoms with Gasteiger partial charge in [-0.3, -0.25) is 4.90 Å². The second-order valence-corrected chi connectivity index (χ2v) is 5.76. The molecule has 0 saturated carbocycles. The van der Waals surface area contributed by atoms with Gasteiger partial charge in [0.05, 0.1) is 11.9 Å². The zero-order chi connectivity index (χ0) is 14.9. The number of alkyl halides is 3. The van der Waals surface area contributed by atoms with Gasteiger partial charge in [-0.15, -0.1) is 5.10 Å². The SMILES string of the molecule is FC(F)(F)c1cnc([C@H]2CCCN(Cc3csnn3)C2)[nH]1. The fourth-order valence-corrected chi connectivity index (χ4v) is 3.03. The highest BCUT2D eigenvalue weighted by Crippen LogP contribution is 2.31. The molecular formula is C12H14F3N5S. The summed E-state index contributed by atoms with van der Waals surface area (Å²) in [5.41, 5.74) is 0.120. The summed E-state index contributed by atoms with van der Waals surface area (Å²) >= 11 is 1.30. The van der Waals surface area contributed by atoms with Gasteiger partial charge < -0.3 is 4.98 Å². The van der Waals surface area contributed by atoms with Crippen LogP contribution in [0, 0.1) is 0 Å². The van der Waals surface area contributed by atoms with Gasteiger partial charge in [0, 0.05) is 24.4 Å². The first-order valence-corrected chi connectivity index (χ1v) is 7.46. The number of hydrogen-bond acceptors (Lipinski definition) is 5. The summed E-state index contributed by atoms with van der Waals surface area (Å²) in [4.78, 5) is 8.50. The molecule has 9 heteroatoms. The van der Waals surface area contributed by atoms with Crippen molar-refractivity contribution in [2.75, 3.05) is 13.1 Å². The largest absolute Gasteiger partial charge is 0.432 e. The molecule has 0 aliphatic carbocycles. The third-order valence-corrected chi connectivity index (χ3v) is 4.14. The first kappa shape index (κ1) is 14.5. The van der Waals surface area contributed by atoms with Crippen LogP contribution in [-0.4, -0.2) is 37.5 Å². The lowest BCUT2D eigenvalue weighted by atomic mass is 9.97. The standard InChI is InChI=1S/C12H14F3N5S/c13-12(14,15)10-4-16-11(17-10)8-2-1-3-20(5-8)6-9-7-21-19-18-9/h4,7-8H,1-3,5-6H2,(H,16,17)/t8-/m0/s1. The number of imidazole rings is 1. The Morgan fingerprint density at radius 2 is 2.29 bits per heavy atom. The zero-order valence-electron chi connectivity index (χ0n) is 11.1. The van der Waals surface area contributed by atoms with Gasteiger partial charge in [-0.1, -0.05) is 4.49 Å². The van der Waals surface area contributed by atoms with E-state index in [4.69, 9.17) is 0 Å². The lowest BCUT2D eigenvalue weighted by Gasteiger charge is -2.31. The van der Waals surface area contributed by atoms with Crippen LogP contribution in [-0.2, 0) is 12.7 Å². The number of hydrogen-bond donors (Lipinski definition) is 1. The summed E-state index contributed by atoms with van der Waals surface area (Å²) in [5, 5.41) is 5.89. The maximum atomic E-state index is 12.6. The van der Waals surface area contributed by atoms with Crippen molar-refractivity contribution < 1.29 is 13.2 Å². The van der Waals surface area contributed by atoms with Crippen LogP contribution in [0.4, 0.5) is 13.2 Å². The quantitative estimate of drug-likeness (QED) is 0.945. The Balaban J connectivity index is 1.67. The molecular weight excluding hydrogens is 303 g/mol. The molecule has 1 saturated heterocycles. The van der Waals surface area contributed by atoms with Crippen LogP contribution in [0.25, 0.3) is 0 Å². The van der Waals surface area contributed by atoms with Gasteiger partial charge in [0.1, 0.15) is 11.5 Å². The number of likely N-dealkylation sites (tertiary alicyclic amines) is 1. The van der Waals surface area contributed by atoms with E-state index in [0.717, 1.165) is 31.3 Å². The fraction of sp³-hybridized carbons (Fsp3) is 0.583. The van der Waals surface area contributed by atoms with E-state index in [1.54, 1.807) is 0 Å². The minimum atomic E-state index is -4.37. The van der Waals surface area contributed by atoms with E-state index in [0.29, 0.717) is 18.9 Å². The van der Waals surface area contributed by atoms with Crippen LogP contribution in [0.2, 0.25) is 0 Å². The Kier molecular flexibility index (Phi) is 3.94. The van der Waals surface area contributed by atoms with Crippen molar-refractivity contribution in [1.82, 2.24) is 24.5 Å². The molecule has 0 radical (unpaired) electrons. The van der Waals surface area contributed by atoms with Crippen molar-refractivity contribution in [3.63, 3.8) is 0 Å². The van der Waals surface area contributed by atoms with Gasteiger partial charge in [0.25, 0.3) is 0 Å². The van der Waals surface area contributed by atoms with Crippen LogP contribution >= 0.6 is 11.5 Å². The Labute approximate surface area is 123 Å². The molecule has 0 spiro atoms. The number of nitrogens with one attached hydrogen (secondary N) is 1. The van der Waals surface area contributed by atoms with Crippen LogP contribution < -0.4 is 0 Å². The normalized spacial score (nSPS) is 20.8. The van der Waals surface area contributed by atoms with Crippen LogP contribution in [0.5, 0.6) is 0 Å². The second kappa shape index (κ2) is 5.72. The average Bonchev–Trinajstić information content (AvgIpc) is 3.09. The fourth-order valence-electron chi connectivity index (χ4n) is 2.59. The highest BCUT2D eigenvalue weighted by molar-refractivity contribution is 7.03. The van der Waals surface area contributed by atoms with E-state index in [1.807, 2.05) is 5.38 Å². The minimum absolute atomic E-state index is 0.00134. The molecule has 0 bridgehead atoms. The van der Waals surface area contributed by atoms with Gasteiger partial charge >= 0.3 is 6.18 Å². The lowest BCUT2D eigenvalue weighted by Crippen LogP contribution is -2.34. The summed E-state index contributed by atoms with van der Waals surface area (Å²) in [5.74, 6) is 0.421. The Hall–Kier alpha value is -1.48. The van der Waals surface area contributed by atoms with E-state index in [1.165, 1.54) is 11.5 Å². The van der Waals surface area contributed by atoms with E-state index in [9.17, 15) is 13.2 Å². The smallest absolute Gasteiger partial charge is 0.338 e. The zero-order valence-corrected chi connectivity index (χ0v) is 11.9. The average molecular weight is 317 g/mol. The Morgan fingerprint density at radius 1 is 1.43 bits per heavy atom. The summed E-state index contributed by atoms with van der Waals surface area (Å²) in [6.45, 7) is 2.28. The van der Waals surface area contributed by atoms with Crippen molar-refractivity contribution in [2.24, 2.45) is 0 Å². The molecule has 2 aromatic heterocycles. The van der Waals surface area contributed by atoms with Crippen LogP contribution in [0.15, 0.2) is 11.6 Å². The monoisotopic (exact) mass is 317 g/mol. The first-order valence-electron chi connectivity index (χ1n) is 6.63. The van der Waals surface area contributed by atoms with E-state index in [2.05, 4.69) is 24.5 Å². The number of aromatic nitrogens is 4. The molecule has 21 heavy (non-hydrogen) atoms. The van der Waals surface area contributed by atoms with E-state index >= 15 is 0 Å². The molecule has 1 aliphatic heterocycles. The van der Waals surface area contributed by atoms with Gasteiger partial charge in [0.15, 0.2) is 0 Å². The number of halogens is 3. The maximum Gasteiger partial charge on any atom is 0.432 e. The van der Waals surface area contributed by atoms with Crippen LogP contribution in [0.1, 0.15) is 36.0 Å². The number of aromatic amines is 1. The third-order valence-electron chi connectivity index (χ3n) is 3.58. The summed E-state index contributed by atoms with van der Waals surface area (Å²) < 4.78 is 41.6. The molecule has 5 nitrogen and oxygen atoms in total. The predicted octanol–water partition coefficient (Wildman–Crippen LogP) is 2.66. The predicted molar refractivity (Wildman–Crippen MR) is 70.8 cm³/mol. The first-order chi connectivity index (χ1) is 10.0. The second-order valence-electron chi connectivity index (χ2n) is 5.15. The van der Waals surface area contributed by atoms with Crippen molar-refractivity contribution in [3.8, 4) is 0 Å². The van der Waals surface area contributed by atoms with Crippen LogP contribution in [0.3, 0.4) is 0 Å². The number of rotatable bonds is 3. The van der Waals surface area contributed by atoms with E-state index < -0.39 is 11.9 Å². The van der Waals surface area contributed by atoms with Gasteiger partial charge in [-0.25, -0.2) is 4.98 Å². The molecule has 3 rings (SSSR count). The molecule has 1 aliphatic rings.